The van der Waals surface area contributed by atoms with Crippen molar-refractivity contribution in [2.45, 2.75) is 20.3 Å². The third kappa shape index (κ3) is 10.1. The molecule has 0 aromatic carbocycles. The molecule has 0 aromatic rings. The van der Waals surface area contributed by atoms with E-state index in [9.17, 15) is 14.4 Å². The zero-order valence-corrected chi connectivity index (χ0v) is 12.1. The van der Waals surface area contributed by atoms with E-state index in [0.717, 1.165) is 26.1 Å². The number of carbonyl (C=O) groups is 3. The molecule has 3 amide bonds. The first kappa shape index (κ1) is 18.2. The molecule has 0 aliphatic carbocycles. The first-order chi connectivity index (χ1) is 9.49. The molecule has 0 spiro atoms. The number of hydrogen-bond acceptors (Lipinski definition) is 4. The van der Waals surface area contributed by atoms with E-state index < -0.39 is 24.5 Å². The topological polar surface area (TPSA) is 111 Å². The lowest BCUT2D eigenvalue weighted by Crippen LogP contribution is -2.43. The van der Waals surface area contributed by atoms with Gasteiger partial charge in [0.2, 0.25) is 5.91 Å². The number of rotatable bonds is 10. The van der Waals surface area contributed by atoms with Crippen LogP contribution in [0.25, 0.3) is 0 Å². The molecule has 0 aliphatic rings. The summed E-state index contributed by atoms with van der Waals surface area (Å²) in [5, 5.41) is 15.5. The van der Waals surface area contributed by atoms with Crippen molar-refractivity contribution in [2.75, 3.05) is 39.3 Å². The van der Waals surface area contributed by atoms with E-state index >= 15 is 0 Å². The van der Waals surface area contributed by atoms with Crippen molar-refractivity contribution in [1.29, 1.82) is 0 Å². The van der Waals surface area contributed by atoms with E-state index in [2.05, 4.69) is 34.7 Å². The smallest absolute Gasteiger partial charge is 0.322 e. The van der Waals surface area contributed by atoms with Gasteiger partial charge in [0, 0.05) is 6.54 Å². The van der Waals surface area contributed by atoms with Gasteiger partial charge in [-0.1, -0.05) is 13.8 Å². The van der Waals surface area contributed by atoms with Crippen LogP contribution in [0, 0.1) is 0 Å². The van der Waals surface area contributed by atoms with Gasteiger partial charge < -0.3 is 26.0 Å². The largest absolute Gasteiger partial charge is 0.480 e. The molecule has 0 saturated carbocycles. The van der Waals surface area contributed by atoms with Crippen LogP contribution in [0.3, 0.4) is 0 Å². The SMILES string of the molecule is CCN(CC)CCCNC(=O)NCC(=O)NCC(=O)O. The van der Waals surface area contributed by atoms with Crippen LogP contribution < -0.4 is 16.0 Å². The standard InChI is InChI=1S/C12H24N4O4/c1-3-16(4-2)7-5-6-13-12(20)15-8-10(17)14-9-11(18)19/h3-9H2,1-2H3,(H,14,17)(H,18,19)(H2,13,15,20). The van der Waals surface area contributed by atoms with Crippen LogP contribution in [0.15, 0.2) is 0 Å². The van der Waals surface area contributed by atoms with Gasteiger partial charge in [-0.05, 0) is 26.1 Å². The van der Waals surface area contributed by atoms with Crippen LogP contribution in [0.4, 0.5) is 4.79 Å². The van der Waals surface area contributed by atoms with E-state index in [-0.39, 0.29) is 6.54 Å². The Morgan fingerprint density at radius 3 is 2.20 bits per heavy atom. The number of carbonyl (C=O) groups excluding carboxylic acids is 2. The van der Waals surface area contributed by atoms with Crippen LogP contribution in [-0.4, -0.2) is 67.2 Å². The number of carboxylic acid groups (broad SMARTS) is 1. The zero-order chi connectivity index (χ0) is 15.4. The molecule has 0 bridgehead atoms. The lowest BCUT2D eigenvalue weighted by Gasteiger charge is -2.17. The Hall–Kier alpha value is -1.83. The molecule has 8 heteroatoms. The predicted octanol–water partition coefficient (Wildman–Crippen LogP) is -0.782. The molecule has 0 heterocycles. The van der Waals surface area contributed by atoms with Gasteiger partial charge >= 0.3 is 12.0 Å². The maximum Gasteiger partial charge on any atom is 0.322 e. The molecule has 0 aliphatic heterocycles. The highest BCUT2D eigenvalue weighted by Gasteiger charge is 2.06. The number of nitrogens with zero attached hydrogens (tertiary/aromatic N) is 1. The minimum atomic E-state index is -1.13. The highest BCUT2D eigenvalue weighted by atomic mass is 16.4. The van der Waals surface area contributed by atoms with Crippen molar-refractivity contribution in [3.05, 3.63) is 0 Å². The van der Waals surface area contributed by atoms with Crippen molar-refractivity contribution >= 4 is 17.9 Å². The van der Waals surface area contributed by atoms with Gasteiger partial charge in [0.15, 0.2) is 0 Å². The van der Waals surface area contributed by atoms with Gasteiger partial charge in [0.05, 0.1) is 6.54 Å². The number of urea groups is 1. The molecule has 0 aromatic heterocycles. The Balaban J connectivity index is 3.59. The highest BCUT2D eigenvalue weighted by Crippen LogP contribution is 1.89. The number of carboxylic acids is 1. The molecular weight excluding hydrogens is 264 g/mol. The van der Waals surface area contributed by atoms with Gasteiger partial charge in [-0.2, -0.15) is 0 Å². The summed E-state index contributed by atoms with van der Waals surface area (Å²) in [7, 11) is 0. The Kier molecular flexibility index (Phi) is 10.0. The van der Waals surface area contributed by atoms with Crippen molar-refractivity contribution in [3.8, 4) is 0 Å². The summed E-state index contributed by atoms with van der Waals surface area (Å²) in [4.78, 5) is 34.9. The van der Waals surface area contributed by atoms with E-state index in [1.165, 1.54) is 0 Å². The monoisotopic (exact) mass is 288 g/mol. The lowest BCUT2D eigenvalue weighted by atomic mass is 10.3. The minimum absolute atomic E-state index is 0.241. The van der Waals surface area contributed by atoms with Crippen LogP contribution in [0.2, 0.25) is 0 Å². The average Bonchev–Trinajstić information content (AvgIpc) is 2.43. The van der Waals surface area contributed by atoms with Crippen LogP contribution >= 0.6 is 0 Å². The van der Waals surface area contributed by atoms with Gasteiger partial charge in [-0.3, -0.25) is 9.59 Å². The molecule has 0 unspecified atom stereocenters. The van der Waals surface area contributed by atoms with Gasteiger partial charge in [0.25, 0.3) is 0 Å². The summed E-state index contributed by atoms with van der Waals surface area (Å²) in [6.45, 7) is 6.87. The second-order valence-corrected chi connectivity index (χ2v) is 4.16. The normalized spacial score (nSPS) is 10.2. The first-order valence-corrected chi connectivity index (χ1v) is 6.72. The fraction of sp³-hybridized carbons (Fsp3) is 0.750. The summed E-state index contributed by atoms with van der Waals surface area (Å²) in [6.07, 6.45) is 0.834. The van der Waals surface area contributed by atoms with E-state index in [1.807, 2.05) is 0 Å². The molecule has 0 saturated heterocycles. The van der Waals surface area contributed by atoms with E-state index in [1.54, 1.807) is 0 Å². The van der Waals surface area contributed by atoms with Crippen LogP contribution in [-0.2, 0) is 9.59 Å². The van der Waals surface area contributed by atoms with Gasteiger partial charge in [0.1, 0.15) is 6.54 Å². The van der Waals surface area contributed by atoms with Crippen LogP contribution in [0.5, 0.6) is 0 Å². The quantitative estimate of drug-likeness (QED) is 0.394. The zero-order valence-electron chi connectivity index (χ0n) is 12.1. The maximum absolute atomic E-state index is 11.3. The summed E-state index contributed by atoms with van der Waals surface area (Å²) < 4.78 is 0. The predicted molar refractivity (Wildman–Crippen MR) is 74.5 cm³/mol. The highest BCUT2D eigenvalue weighted by molar-refractivity contribution is 5.86. The van der Waals surface area contributed by atoms with E-state index in [4.69, 9.17) is 5.11 Å². The Bertz CT molecular complexity index is 319. The average molecular weight is 288 g/mol. The third-order valence-electron chi connectivity index (χ3n) is 2.68. The molecular formula is C12H24N4O4. The molecule has 0 fully saturated rings. The minimum Gasteiger partial charge on any atom is -0.480 e. The van der Waals surface area contributed by atoms with Gasteiger partial charge in [-0.15, -0.1) is 0 Å². The number of nitrogens with one attached hydrogen (secondary N) is 3. The molecule has 0 radical (unpaired) electrons. The summed E-state index contributed by atoms with van der Waals surface area (Å²) in [6, 6.07) is -0.435. The molecule has 116 valence electrons. The van der Waals surface area contributed by atoms with Crippen LogP contribution in [0.1, 0.15) is 20.3 Å². The fourth-order valence-corrected chi connectivity index (χ4v) is 1.50. The fourth-order valence-electron chi connectivity index (χ4n) is 1.50. The molecule has 8 nitrogen and oxygen atoms in total. The number of aliphatic carboxylic acids is 1. The van der Waals surface area contributed by atoms with Crippen molar-refractivity contribution < 1.29 is 19.5 Å². The van der Waals surface area contributed by atoms with Crippen molar-refractivity contribution in [1.82, 2.24) is 20.9 Å². The summed E-state index contributed by atoms with van der Waals surface area (Å²) >= 11 is 0. The van der Waals surface area contributed by atoms with Crippen molar-refractivity contribution in [3.63, 3.8) is 0 Å². The molecule has 4 N–H and O–H groups in total. The molecule has 0 atom stereocenters. The lowest BCUT2D eigenvalue weighted by molar-refractivity contribution is -0.137. The number of hydrogen-bond donors (Lipinski definition) is 4. The Morgan fingerprint density at radius 1 is 1.00 bits per heavy atom. The Labute approximate surface area is 118 Å². The van der Waals surface area contributed by atoms with Gasteiger partial charge in [-0.25, -0.2) is 4.79 Å². The summed E-state index contributed by atoms with van der Waals surface area (Å²) in [5.74, 6) is -1.66. The summed E-state index contributed by atoms with van der Waals surface area (Å²) in [5.41, 5.74) is 0. The van der Waals surface area contributed by atoms with Crippen molar-refractivity contribution in [2.24, 2.45) is 0 Å². The molecule has 20 heavy (non-hydrogen) atoms. The molecule has 0 rings (SSSR count). The van der Waals surface area contributed by atoms with E-state index in [0.29, 0.717) is 6.54 Å². The Morgan fingerprint density at radius 2 is 1.65 bits per heavy atom. The third-order valence-corrected chi connectivity index (χ3v) is 2.68. The first-order valence-electron chi connectivity index (χ1n) is 6.72. The second kappa shape index (κ2) is 11.0. The second-order valence-electron chi connectivity index (χ2n) is 4.16. The maximum atomic E-state index is 11.3. The number of amides is 3.